The molecule has 0 radical (unpaired) electrons. The summed E-state index contributed by atoms with van der Waals surface area (Å²) >= 11 is 0. The highest BCUT2D eigenvalue weighted by atomic mass is 16.5. The number of carbonyl (C=O) groups is 1. The molecule has 5 rings (SSSR count). The van der Waals surface area contributed by atoms with Crippen molar-refractivity contribution in [3.8, 4) is 11.3 Å². The third-order valence-electron chi connectivity index (χ3n) is 5.36. The summed E-state index contributed by atoms with van der Waals surface area (Å²) in [6, 6.07) is 11.8. The first-order valence-electron chi connectivity index (χ1n) is 9.21. The second-order valence-corrected chi connectivity index (χ2v) is 7.23. The van der Waals surface area contributed by atoms with Crippen LogP contribution in [0.2, 0.25) is 0 Å². The van der Waals surface area contributed by atoms with Gasteiger partial charge in [0.1, 0.15) is 5.69 Å². The predicted molar refractivity (Wildman–Crippen MR) is 97.3 cm³/mol. The van der Waals surface area contributed by atoms with Gasteiger partial charge in [0.2, 0.25) is 5.76 Å². The Balaban J connectivity index is 1.16. The van der Waals surface area contributed by atoms with Gasteiger partial charge in [0.15, 0.2) is 0 Å². The van der Waals surface area contributed by atoms with E-state index in [1.54, 1.807) is 6.07 Å². The maximum Gasteiger partial charge on any atom is 0.290 e. The average molecular weight is 364 g/mol. The van der Waals surface area contributed by atoms with Crippen molar-refractivity contribution in [3.63, 3.8) is 0 Å². The van der Waals surface area contributed by atoms with Crippen LogP contribution in [0.1, 0.15) is 40.9 Å². The van der Waals surface area contributed by atoms with Crippen molar-refractivity contribution >= 4 is 5.91 Å². The largest absolute Gasteiger partial charge is 0.380 e. The molecule has 2 aliphatic rings. The van der Waals surface area contributed by atoms with Crippen molar-refractivity contribution in [1.29, 1.82) is 0 Å². The predicted octanol–water partition coefficient (Wildman–Crippen LogP) is 2.79. The highest BCUT2D eigenvalue weighted by Gasteiger charge is 2.34. The number of benzene rings is 1. The van der Waals surface area contributed by atoms with Crippen LogP contribution in [0, 0.1) is 0 Å². The second-order valence-electron chi connectivity index (χ2n) is 7.23. The van der Waals surface area contributed by atoms with Crippen molar-refractivity contribution in [2.45, 2.75) is 30.8 Å². The Hall–Kier alpha value is -2.93. The fourth-order valence-electron chi connectivity index (χ4n) is 3.50. The molecular weight excluding hydrogens is 344 g/mol. The Labute approximate surface area is 156 Å². The molecule has 1 N–H and O–H groups in total. The van der Waals surface area contributed by atoms with Gasteiger partial charge in [-0.25, -0.2) is 0 Å². The van der Waals surface area contributed by atoms with Crippen LogP contribution in [0.15, 0.2) is 53.3 Å². The van der Waals surface area contributed by atoms with Crippen LogP contribution in [0.5, 0.6) is 0 Å². The lowest BCUT2D eigenvalue weighted by Crippen LogP contribution is -2.45. The zero-order valence-electron chi connectivity index (χ0n) is 14.7. The molecule has 3 aromatic rings. The monoisotopic (exact) mass is 364 g/mol. The lowest BCUT2D eigenvalue weighted by atomic mass is 9.86. The van der Waals surface area contributed by atoms with E-state index in [-0.39, 0.29) is 17.7 Å². The molecular formula is C20H20N4O3. The fraction of sp³-hybridized carbons (Fsp3) is 0.350. The van der Waals surface area contributed by atoms with Crippen LogP contribution >= 0.6 is 0 Å². The van der Waals surface area contributed by atoms with Crippen molar-refractivity contribution in [2.75, 3.05) is 13.2 Å². The van der Waals surface area contributed by atoms with Crippen LogP contribution in [0.25, 0.3) is 11.3 Å². The molecule has 27 heavy (non-hydrogen) atoms. The highest BCUT2D eigenvalue weighted by molar-refractivity contribution is 5.92. The summed E-state index contributed by atoms with van der Waals surface area (Å²) < 4.78 is 12.5. The van der Waals surface area contributed by atoms with Gasteiger partial charge in [-0.15, -0.1) is 0 Å². The molecule has 7 heteroatoms. The minimum absolute atomic E-state index is 0.132. The molecule has 1 aliphatic carbocycles. The second kappa shape index (κ2) is 6.66. The van der Waals surface area contributed by atoms with Gasteiger partial charge < -0.3 is 14.6 Å². The SMILES string of the molecule is O=C(NC1CC(n2cc(C3COC3)cn2)C1)c1cc(-c2ccccc2)no1. The molecule has 0 unspecified atom stereocenters. The van der Waals surface area contributed by atoms with Gasteiger partial charge >= 0.3 is 0 Å². The number of nitrogens with zero attached hydrogens (tertiary/aromatic N) is 3. The van der Waals surface area contributed by atoms with E-state index in [2.05, 4.69) is 21.8 Å². The number of hydrogen-bond acceptors (Lipinski definition) is 5. The summed E-state index contributed by atoms with van der Waals surface area (Å²) in [7, 11) is 0. The summed E-state index contributed by atoms with van der Waals surface area (Å²) in [6.45, 7) is 1.58. The molecule has 3 heterocycles. The number of rotatable bonds is 5. The average Bonchev–Trinajstić information content (AvgIpc) is 3.27. The quantitative estimate of drug-likeness (QED) is 0.753. The molecule has 1 saturated heterocycles. The first kappa shape index (κ1) is 16.3. The van der Waals surface area contributed by atoms with Gasteiger partial charge in [-0.05, 0) is 18.4 Å². The van der Waals surface area contributed by atoms with Crippen molar-refractivity contribution < 1.29 is 14.1 Å². The first-order valence-corrected chi connectivity index (χ1v) is 9.21. The van der Waals surface area contributed by atoms with E-state index < -0.39 is 0 Å². The topological polar surface area (TPSA) is 82.2 Å². The summed E-state index contributed by atoms with van der Waals surface area (Å²) in [5, 5.41) is 11.5. The van der Waals surface area contributed by atoms with Gasteiger partial charge in [-0.2, -0.15) is 5.10 Å². The summed E-state index contributed by atoms with van der Waals surface area (Å²) in [4.78, 5) is 12.4. The van der Waals surface area contributed by atoms with E-state index in [1.807, 2.05) is 41.2 Å². The van der Waals surface area contributed by atoms with E-state index in [0.717, 1.165) is 31.6 Å². The van der Waals surface area contributed by atoms with Crippen LogP contribution in [-0.2, 0) is 4.74 Å². The van der Waals surface area contributed by atoms with Gasteiger partial charge in [-0.3, -0.25) is 9.48 Å². The number of ether oxygens (including phenoxy) is 1. The van der Waals surface area contributed by atoms with Gasteiger partial charge in [0.05, 0.1) is 25.5 Å². The molecule has 0 atom stereocenters. The van der Waals surface area contributed by atoms with E-state index >= 15 is 0 Å². The third kappa shape index (κ3) is 3.14. The van der Waals surface area contributed by atoms with Crippen molar-refractivity contribution in [1.82, 2.24) is 20.3 Å². The number of amides is 1. The van der Waals surface area contributed by atoms with E-state index in [9.17, 15) is 4.79 Å². The van der Waals surface area contributed by atoms with E-state index in [4.69, 9.17) is 9.26 Å². The smallest absolute Gasteiger partial charge is 0.290 e. The van der Waals surface area contributed by atoms with Crippen LogP contribution in [0.3, 0.4) is 0 Å². The molecule has 7 nitrogen and oxygen atoms in total. The molecule has 1 saturated carbocycles. The number of aromatic nitrogens is 3. The summed E-state index contributed by atoms with van der Waals surface area (Å²) in [6.07, 6.45) is 5.78. The standard InChI is InChI=1S/C20H20N4O3/c25-20(19-8-18(23-27-19)13-4-2-1-3-5-13)22-16-6-17(7-16)24-10-14(9-21-24)15-11-26-12-15/h1-5,8-10,15-17H,6-7,11-12H2,(H,22,25). The Morgan fingerprint density at radius 2 is 2.00 bits per heavy atom. The Bertz CT molecular complexity index is 939. The van der Waals surface area contributed by atoms with Crippen LogP contribution in [0.4, 0.5) is 0 Å². The minimum atomic E-state index is -0.221. The number of nitrogens with one attached hydrogen (secondary N) is 1. The Morgan fingerprint density at radius 1 is 1.19 bits per heavy atom. The molecule has 1 amide bonds. The molecule has 1 aliphatic heterocycles. The molecule has 2 aromatic heterocycles. The van der Waals surface area contributed by atoms with E-state index in [0.29, 0.717) is 17.7 Å². The van der Waals surface area contributed by atoms with Crippen LogP contribution in [-0.4, -0.2) is 40.1 Å². The summed E-state index contributed by atoms with van der Waals surface area (Å²) in [5.41, 5.74) is 2.83. The number of carbonyl (C=O) groups excluding carboxylic acids is 1. The maximum absolute atomic E-state index is 12.4. The molecule has 0 bridgehead atoms. The van der Waals surface area contributed by atoms with Crippen LogP contribution < -0.4 is 5.32 Å². The Morgan fingerprint density at radius 3 is 2.74 bits per heavy atom. The molecule has 138 valence electrons. The minimum Gasteiger partial charge on any atom is -0.380 e. The lowest BCUT2D eigenvalue weighted by molar-refractivity contribution is 0.00833. The van der Waals surface area contributed by atoms with Crippen molar-refractivity contribution in [2.24, 2.45) is 0 Å². The van der Waals surface area contributed by atoms with Gasteiger partial charge in [0, 0.05) is 29.8 Å². The Kier molecular flexibility index (Phi) is 4.01. The van der Waals surface area contributed by atoms with Gasteiger partial charge in [-0.1, -0.05) is 35.5 Å². The highest BCUT2D eigenvalue weighted by Crippen LogP contribution is 2.33. The maximum atomic E-state index is 12.4. The van der Waals surface area contributed by atoms with E-state index in [1.165, 1.54) is 5.56 Å². The molecule has 0 spiro atoms. The van der Waals surface area contributed by atoms with Gasteiger partial charge in [0.25, 0.3) is 5.91 Å². The first-order chi connectivity index (χ1) is 13.3. The zero-order chi connectivity index (χ0) is 18.2. The fourth-order valence-corrected chi connectivity index (χ4v) is 3.50. The lowest BCUT2D eigenvalue weighted by Gasteiger charge is -2.35. The number of hydrogen-bond donors (Lipinski definition) is 1. The molecule has 1 aromatic carbocycles. The van der Waals surface area contributed by atoms with Crippen molar-refractivity contribution in [3.05, 3.63) is 60.1 Å². The third-order valence-corrected chi connectivity index (χ3v) is 5.36. The molecule has 2 fully saturated rings. The zero-order valence-corrected chi connectivity index (χ0v) is 14.7. The summed E-state index contributed by atoms with van der Waals surface area (Å²) in [5.74, 6) is 0.504. The normalized spacial score (nSPS) is 22.1.